The molecule has 0 N–H and O–H groups in total. The fraction of sp³-hybridized carbons (Fsp3) is 0.143. The molecule has 10 heavy (non-hydrogen) atoms. The molecule has 3 heteroatoms. The van der Waals surface area contributed by atoms with Gasteiger partial charge >= 0.3 is 29.6 Å². The van der Waals surface area contributed by atoms with Crippen LogP contribution in [0.3, 0.4) is 0 Å². The van der Waals surface area contributed by atoms with Crippen molar-refractivity contribution in [2.45, 2.75) is 0 Å². The number of hydrogen-bond acceptors (Lipinski definition) is 2. The maximum atomic E-state index is 5.04. The van der Waals surface area contributed by atoms with Crippen molar-refractivity contribution in [2.75, 3.05) is 6.26 Å². The van der Waals surface area contributed by atoms with Gasteiger partial charge in [-0.15, -0.1) is 4.24 Å². The molecule has 1 aliphatic rings. The summed E-state index contributed by atoms with van der Waals surface area (Å²) in [4.78, 5) is 0. The van der Waals surface area contributed by atoms with E-state index in [1.807, 2.05) is 30.6 Å². The van der Waals surface area contributed by atoms with Gasteiger partial charge in [0.25, 0.3) is 0 Å². The van der Waals surface area contributed by atoms with Gasteiger partial charge in [0.1, 0.15) is 0 Å². The smallest absolute Gasteiger partial charge is 0.772 e. The van der Waals surface area contributed by atoms with E-state index in [2.05, 4.69) is 0 Å². The molecule has 0 saturated carbocycles. The molecule has 0 bridgehead atoms. The molecule has 48 valence electrons. The Morgan fingerprint density at radius 1 is 1.40 bits per heavy atom. The quantitative estimate of drug-likeness (QED) is 0.382. The molecule has 0 heterocycles. The first-order chi connectivity index (χ1) is 4.34. The van der Waals surface area contributed by atoms with E-state index in [-0.39, 0.29) is 29.6 Å². The van der Waals surface area contributed by atoms with Crippen LogP contribution in [0, 0.1) is 0 Å². The summed E-state index contributed by atoms with van der Waals surface area (Å²) in [5, 5.41) is 0. The third-order valence-electron chi connectivity index (χ3n) is 1.08. The van der Waals surface area contributed by atoms with Crippen LogP contribution in [0.4, 0.5) is 0 Å². The van der Waals surface area contributed by atoms with Gasteiger partial charge in [-0.1, -0.05) is 24.3 Å². The second kappa shape index (κ2) is 5.44. The van der Waals surface area contributed by atoms with Crippen LogP contribution in [-0.2, 0) is 12.6 Å². The van der Waals surface area contributed by atoms with Crippen molar-refractivity contribution < 1.29 is 29.6 Å². The maximum absolute atomic E-state index is 5.04. The van der Waals surface area contributed by atoms with Crippen LogP contribution in [0.15, 0.2) is 34.1 Å². The monoisotopic (exact) mass is 178 g/mol. The van der Waals surface area contributed by atoms with Gasteiger partial charge in [-0.05, 0) is 11.8 Å². The Bertz CT molecular complexity index is 178. The summed E-state index contributed by atoms with van der Waals surface area (Å²) < 4.78 is 0.972. The molecule has 0 aliphatic heterocycles. The standard InChI is InChI=1S/C7H8S2.Na/c1-9-7(8)6-4-2-3-5-6;/h2-5,8H,1H3;/q;+1/p-1. The molecule has 0 amide bonds. The van der Waals surface area contributed by atoms with Gasteiger partial charge in [0.2, 0.25) is 0 Å². The number of allylic oxidation sites excluding steroid dienone is 5. The fourth-order valence-corrected chi connectivity index (χ4v) is 1.14. The Kier molecular flexibility index (Phi) is 5.87. The molecular formula is C7H7NaS2. The Morgan fingerprint density at radius 2 is 1.90 bits per heavy atom. The van der Waals surface area contributed by atoms with Crippen LogP contribution in [0.2, 0.25) is 0 Å². The summed E-state index contributed by atoms with van der Waals surface area (Å²) in [6.45, 7) is 0. The molecule has 0 spiro atoms. The average Bonchev–Trinajstić information content (AvgIpc) is 2.37. The van der Waals surface area contributed by atoms with Crippen LogP contribution in [0.1, 0.15) is 0 Å². The molecule has 0 aromatic heterocycles. The molecule has 0 saturated heterocycles. The molecule has 0 atom stereocenters. The summed E-state index contributed by atoms with van der Waals surface area (Å²) in [5.41, 5.74) is 1.16. The van der Waals surface area contributed by atoms with Gasteiger partial charge in [-0.2, -0.15) is 11.8 Å². The van der Waals surface area contributed by atoms with Gasteiger partial charge in [0, 0.05) is 0 Å². The third-order valence-corrected chi connectivity index (χ3v) is 2.43. The Balaban J connectivity index is 0.000000810. The molecule has 0 radical (unpaired) electrons. The molecule has 0 nitrogen and oxygen atoms in total. The average molecular weight is 178 g/mol. The van der Waals surface area contributed by atoms with E-state index in [9.17, 15) is 0 Å². The molecule has 0 unspecified atom stereocenters. The van der Waals surface area contributed by atoms with Crippen molar-refractivity contribution >= 4 is 24.4 Å². The molecule has 0 aromatic carbocycles. The van der Waals surface area contributed by atoms with Crippen molar-refractivity contribution in [1.82, 2.24) is 0 Å². The van der Waals surface area contributed by atoms with Crippen LogP contribution in [0.5, 0.6) is 0 Å². The normalized spacial score (nSPS) is 13.5. The summed E-state index contributed by atoms with van der Waals surface area (Å²) in [6, 6.07) is 0. The van der Waals surface area contributed by atoms with Gasteiger partial charge in [0.15, 0.2) is 0 Å². The Hall–Kier alpha value is 0.790. The first-order valence-electron chi connectivity index (χ1n) is 2.64. The Morgan fingerprint density at radius 3 is 2.30 bits per heavy atom. The minimum Gasteiger partial charge on any atom is -0.772 e. The van der Waals surface area contributed by atoms with Crippen molar-refractivity contribution in [3.8, 4) is 0 Å². The van der Waals surface area contributed by atoms with Crippen molar-refractivity contribution in [1.29, 1.82) is 0 Å². The summed E-state index contributed by atoms with van der Waals surface area (Å²) in [5.74, 6) is 0. The third kappa shape index (κ3) is 2.81. The number of rotatable bonds is 1. The topological polar surface area (TPSA) is 0 Å². The van der Waals surface area contributed by atoms with Crippen LogP contribution < -0.4 is 29.6 Å². The minimum atomic E-state index is 0. The van der Waals surface area contributed by atoms with Gasteiger partial charge in [0.05, 0.1) is 0 Å². The van der Waals surface area contributed by atoms with E-state index in [1.165, 1.54) is 0 Å². The molecule has 1 rings (SSSR count). The van der Waals surface area contributed by atoms with E-state index in [0.29, 0.717) is 0 Å². The summed E-state index contributed by atoms with van der Waals surface area (Å²) in [6.07, 6.45) is 10.0. The predicted molar refractivity (Wildman–Crippen MR) is 46.2 cm³/mol. The van der Waals surface area contributed by atoms with Crippen LogP contribution >= 0.6 is 11.8 Å². The zero-order valence-electron chi connectivity index (χ0n) is 6.13. The number of thioether (sulfide) groups is 1. The molecule has 0 fully saturated rings. The van der Waals surface area contributed by atoms with Crippen LogP contribution in [-0.4, -0.2) is 6.26 Å². The second-order valence-electron chi connectivity index (χ2n) is 1.67. The maximum Gasteiger partial charge on any atom is 1.00 e. The second-order valence-corrected chi connectivity index (χ2v) is 3.15. The first kappa shape index (κ1) is 10.8. The predicted octanol–water partition coefficient (Wildman–Crippen LogP) is -0.762. The van der Waals surface area contributed by atoms with Gasteiger partial charge in [-0.25, -0.2) is 0 Å². The minimum absolute atomic E-state index is 0. The van der Waals surface area contributed by atoms with E-state index >= 15 is 0 Å². The van der Waals surface area contributed by atoms with E-state index in [4.69, 9.17) is 12.6 Å². The SMILES string of the molecule is CSC([S-])=C1C=CC=C1.[Na+]. The molecular weight excluding hydrogens is 171 g/mol. The fourth-order valence-electron chi connectivity index (χ4n) is 0.628. The van der Waals surface area contributed by atoms with E-state index < -0.39 is 0 Å². The Labute approximate surface area is 93.5 Å². The molecule has 0 aromatic rings. The zero-order chi connectivity index (χ0) is 6.69. The van der Waals surface area contributed by atoms with Gasteiger partial charge < -0.3 is 12.6 Å². The molecule has 1 aliphatic carbocycles. The largest absolute Gasteiger partial charge is 1.00 e. The van der Waals surface area contributed by atoms with Gasteiger partial charge in [-0.3, -0.25) is 0 Å². The summed E-state index contributed by atoms with van der Waals surface area (Å²) in [7, 11) is 0. The van der Waals surface area contributed by atoms with Crippen molar-refractivity contribution in [3.63, 3.8) is 0 Å². The van der Waals surface area contributed by atoms with Crippen molar-refractivity contribution in [3.05, 3.63) is 34.1 Å². The first-order valence-corrected chi connectivity index (χ1v) is 4.28. The zero-order valence-corrected chi connectivity index (χ0v) is 9.76. The van der Waals surface area contributed by atoms with Crippen LogP contribution in [0.25, 0.3) is 0 Å². The summed E-state index contributed by atoms with van der Waals surface area (Å²) >= 11 is 6.65. The number of hydrogen-bond donors (Lipinski definition) is 0. The van der Waals surface area contributed by atoms with Crippen molar-refractivity contribution in [2.24, 2.45) is 0 Å². The van der Waals surface area contributed by atoms with E-state index in [1.54, 1.807) is 11.8 Å². The van der Waals surface area contributed by atoms with E-state index in [0.717, 1.165) is 9.81 Å².